The van der Waals surface area contributed by atoms with Gasteiger partial charge in [0.25, 0.3) is 12.2 Å². The van der Waals surface area contributed by atoms with Gasteiger partial charge in [0.15, 0.2) is 11.1 Å². The number of nitrogens with one attached hydrogen (secondary N) is 1. The number of nitro benzene ring substituents is 1. The maximum absolute atomic E-state index is 11.3. The van der Waals surface area contributed by atoms with E-state index in [0.717, 1.165) is 0 Å². The van der Waals surface area contributed by atoms with Gasteiger partial charge in [0, 0.05) is 23.1 Å². The number of fused-ring (bicyclic) bond motifs is 1. The van der Waals surface area contributed by atoms with Crippen molar-refractivity contribution >= 4 is 34.1 Å². The Morgan fingerprint density at radius 2 is 2.16 bits per heavy atom. The normalized spacial score (nSPS) is 14.7. The van der Waals surface area contributed by atoms with Crippen molar-refractivity contribution in [3.63, 3.8) is 0 Å². The number of rotatable bonds is 9. The smallest absolute Gasteiger partial charge is 0.296 e. The quantitative estimate of drug-likeness (QED) is 0.300. The number of carbonyl (C=O) groups excluding carboxylic acids is 1. The van der Waals surface area contributed by atoms with Crippen molar-refractivity contribution in [1.82, 2.24) is 4.98 Å². The fourth-order valence-corrected chi connectivity index (χ4v) is 3.04. The van der Waals surface area contributed by atoms with E-state index < -0.39 is 22.1 Å². The molecule has 25 heavy (non-hydrogen) atoms. The van der Waals surface area contributed by atoms with Crippen LogP contribution >= 0.6 is 0 Å². The van der Waals surface area contributed by atoms with Crippen LogP contribution in [0.4, 0.5) is 5.69 Å². The summed E-state index contributed by atoms with van der Waals surface area (Å²) in [4.78, 5) is 24.2. The van der Waals surface area contributed by atoms with Crippen LogP contribution in [0.5, 0.6) is 5.75 Å². The first-order valence-corrected chi connectivity index (χ1v) is 8.69. The number of non-ortho nitro benzene ring substituents is 1. The van der Waals surface area contributed by atoms with Gasteiger partial charge in [0.2, 0.25) is 0 Å². The average molecular weight is 370 g/mol. The fraction of sp³-hybridized carbons (Fsp3) is 0.400. The number of ether oxygens (including phenoxy) is 2. The summed E-state index contributed by atoms with van der Waals surface area (Å²) in [7, 11) is 0. The third-order valence-electron chi connectivity index (χ3n) is 3.63. The van der Waals surface area contributed by atoms with Crippen LogP contribution in [0.15, 0.2) is 18.3 Å². The molecule has 1 aromatic heterocycles. The first-order valence-electron chi connectivity index (χ1n) is 7.42. The van der Waals surface area contributed by atoms with Crippen LogP contribution in [0.25, 0.3) is 10.9 Å². The maximum Gasteiger partial charge on any atom is 0.296 e. The molecule has 0 fully saturated rings. The van der Waals surface area contributed by atoms with Crippen LogP contribution in [-0.2, 0) is 20.6 Å². The summed E-state index contributed by atoms with van der Waals surface area (Å²) in [5.41, 5.74) is 0.716. The first kappa shape index (κ1) is 18.9. The number of H-pyrrole nitrogens is 1. The molecule has 0 bridgehead atoms. The number of benzene rings is 1. The van der Waals surface area contributed by atoms with Crippen molar-refractivity contribution in [2.24, 2.45) is 5.92 Å². The standard InChI is InChI=1S/C15H18N2O7S/c1-9(7-25(21)22)6-23-11-3-12-13(10(2)24-8-18)5-16-15(12)14(4-11)17(19)20/h3-5,8-10,16H,6-7H2,1-2H3,(H,21,22). The lowest BCUT2D eigenvalue weighted by Gasteiger charge is -2.12. The molecule has 0 aliphatic carbocycles. The topological polar surface area (TPSA) is 132 Å². The highest BCUT2D eigenvalue weighted by Crippen LogP contribution is 2.35. The van der Waals surface area contributed by atoms with Gasteiger partial charge in [-0.2, -0.15) is 0 Å². The molecule has 0 spiro atoms. The summed E-state index contributed by atoms with van der Waals surface area (Å²) < 4.78 is 30.1. The Bertz CT molecular complexity index is 805. The van der Waals surface area contributed by atoms with Crippen molar-refractivity contribution in [2.75, 3.05) is 12.4 Å². The van der Waals surface area contributed by atoms with Crippen molar-refractivity contribution < 1.29 is 28.0 Å². The lowest BCUT2D eigenvalue weighted by molar-refractivity contribution is -0.383. The largest absolute Gasteiger partial charge is 0.493 e. The molecule has 9 nitrogen and oxygen atoms in total. The first-order chi connectivity index (χ1) is 11.8. The Balaban J connectivity index is 2.37. The van der Waals surface area contributed by atoms with Gasteiger partial charge in [-0.05, 0) is 13.0 Å². The van der Waals surface area contributed by atoms with E-state index in [-0.39, 0.29) is 29.7 Å². The van der Waals surface area contributed by atoms with Crippen molar-refractivity contribution in [3.05, 3.63) is 34.0 Å². The van der Waals surface area contributed by atoms with Gasteiger partial charge >= 0.3 is 0 Å². The number of aromatic nitrogens is 1. The number of hydrogen-bond donors (Lipinski definition) is 2. The molecule has 1 aromatic carbocycles. The van der Waals surface area contributed by atoms with Gasteiger partial charge < -0.3 is 19.0 Å². The van der Waals surface area contributed by atoms with Gasteiger partial charge in [-0.15, -0.1) is 0 Å². The Hall–Kier alpha value is -2.46. The van der Waals surface area contributed by atoms with E-state index >= 15 is 0 Å². The molecule has 0 saturated heterocycles. The molecular weight excluding hydrogens is 352 g/mol. The van der Waals surface area contributed by atoms with Gasteiger partial charge in [0.05, 0.1) is 23.3 Å². The van der Waals surface area contributed by atoms with E-state index in [1.54, 1.807) is 26.1 Å². The zero-order chi connectivity index (χ0) is 18.6. The molecule has 0 saturated carbocycles. The zero-order valence-corrected chi connectivity index (χ0v) is 14.4. The highest BCUT2D eigenvalue weighted by molar-refractivity contribution is 7.79. The second-order valence-corrected chi connectivity index (χ2v) is 6.62. The SMILES string of the molecule is CC(COc1cc([N+](=O)[O-])c2[nH]cc(C(C)OC=O)c2c1)CS(=O)O. The molecule has 0 amide bonds. The van der Waals surface area contributed by atoms with Gasteiger partial charge in [0.1, 0.15) is 17.4 Å². The molecule has 3 unspecified atom stereocenters. The van der Waals surface area contributed by atoms with Crippen LogP contribution in [0.1, 0.15) is 25.5 Å². The fourth-order valence-electron chi connectivity index (χ4n) is 2.46. The predicted octanol–water partition coefficient (Wildman–Crippen LogP) is 2.55. The lowest BCUT2D eigenvalue weighted by Crippen LogP contribution is -2.15. The third kappa shape index (κ3) is 4.54. The minimum Gasteiger partial charge on any atom is -0.493 e. The average Bonchev–Trinajstić information content (AvgIpc) is 2.95. The molecule has 3 atom stereocenters. The van der Waals surface area contributed by atoms with E-state index in [4.69, 9.17) is 14.0 Å². The summed E-state index contributed by atoms with van der Waals surface area (Å²) >= 11 is -1.94. The zero-order valence-electron chi connectivity index (χ0n) is 13.6. The highest BCUT2D eigenvalue weighted by Gasteiger charge is 2.21. The second-order valence-electron chi connectivity index (χ2n) is 5.64. The van der Waals surface area contributed by atoms with Gasteiger partial charge in [-0.1, -0.05) is 6.92 Å². The molecule has 136 valence electrons. The number of hydrogen-bond acceptors (Lipinski definition) is 6. The van der Waals surface area contributed by atoms with E-state index in [1.807, 2.05) is 0 Å². The minimum atomic E-state index is -1.94. The summed E-state index contributed by atoms with van der Waals surface area (Å²) in [5, 5.41) is 11.8. The van der Waals surface area contributed by atoms with Crippen LogP contribution in [0.2, 0.25) is 0 Å². The summed E-state index contributed by atoms with van der Waals surface area (Å²) in [6, 6.07) is 2.90. The molecule has 0 radical (unpaired) electrons. The van der Waals surface area contributed by atoms with Crippen molar-refractivity contribution in [1.29, 1.82) is 0 Å². The highest BCUT2D eigenvalue weighted by atomic mass is 32.2. The third-order valence-corrected chi connectivity index (χ3v) is 4.48. The molecule has 0 aliphatic heterocycles. The number of carbonyl (C=O) groups is 1. The summed E-state index contributed by atoms with van der Waals surface area (Å²) in [6.07, 6.45) is 0.962. The van der Waals surface area contributed by atoms with Gasteiger partial charge in [-0.3, -0.25) is 14.9 Å². The Morgan fingerprint density at radius 1 is 1.44 bits per heavy atom. The van der Waals surface area contributed by atoms with Gasteiger partial charge in [-0.25, -0.2) is 4.21 Å². The van der Waals surface area contributed by atoms with Crippen LogP contribution in [0.3, 0.4) is 0 Å². The molecular formula is C15H18N2O7S. The summed E-state index contributed by atoms with van der Waals surface area (Å²) in [5.74, 6) is 0.0989. The Morgan fingerprint density at radius 3 is 2.76 bits per heavy atom. The molecule has 2 aromatic rings. The van der Waals surface area contributed by atoms with Crippen LogP contribution in [-0.4, -0.2) is 37.5 Å². The maximum atomic E-state index is 11.3. The Kier molecular flexibility index (Phi) is 6.10. The van der Waals surface area contributed by atoms with E-state index in [9.17, 15) is 19.1 Å². The number of nitrogens with zero attached hydrogens (tertiary/aromatic N) is 1. The molecule has 2 rings (SSSR count). The molecule has 2 N–H and O–H groups in total. The van der Waals surface area contributed by atoms with Crippen molar-refractivity contribution in [3.8, 4) is 5.75 Å². The second kappa shape index (κ2) is 8.08. The molecule has 10 heteroatoms. The molecule has 0 aliphatic rings. The number of aromatic amines is 1. The van der Waals surface area contributed by atoms with Crippen LogP contribution < -0.4 is 4.74 Å². The Labute approximate surface area is 145 Å². The predicted molar refractivity (Wildman–Crippen MR) is 90.8 cm³/mol. The number of nitro groups is 1. The summed E-state index contributed by atoms with van der Waals surface area (Å²) in [6.45, 7) is 3.84. The van der Waals surface area contributed by atoms with E-state index in [2.05, 4.69) is 4.98 Å². The monoisotopic (exact) mass is 370 g/mol. The van der Waals surface area contributed by atoms with E-state index in [0.29, 0.717) is 22.9 Å². The van der Waals surface area contributed by atoms with Crippen molar-refractivity contribution in [2.45, 2.75) is 20.0 Å². The molecule has 1 heterocycles. The van der Waals surface area contributed by atoms with Crippen LogP contribution in [0, 0.1) is 16.0 Å². The minimum absolute atomic E-state index is 0.0456. The van der Waals surface area contributed by atoms with E-state index in [1.165, 1.54) is 6.07 Å². The lowest BCUT2D eigenvalue weighted by atomic mass is 10.1.